The van der Waals surface area contributed by atoms with Gasteiger partial charge in [-0.15, -0.1) is 0 Å². The molecule has 0 bridgehead atoms. The minimum Gasteiger partial charge on any atom is -0.462 e. The number of rotatable bonds is 63. The summed E-state index contributed by atoms with van der Waals surface area (Å²) in [6.07, 6.45) is 87.7. The summed E-state index contributed by atoms with van der Waals surface area (Å²) in [6, 6.07) is 0. The molecule has 0 amide bonds. The van der Waals surface area contributed by atoms with E-state index >= 15 is 0 Å². The molecule has 1 atom stereocenters. The summed E-state index contributed by atoms with van der Waals surface area (Å²) < 4.78 is 17.0. The van der Waals surface area contributed by atoms with E-state index in [1.807, 2.05) is 0 Å². The van der Waals surface area contributed by atoms with E-state index in [1.54, 1.807) is 0 Å². The van der Waals surface area contributed by atoms with Crippen LogP contribution in [0.25, 0.3) is 0 Å². The van der Waals surface area contributed by atoms with Crippen LogP contribution in [0.2, 0.25) is 0 Å². The Morgan fingerprint density at radius 3 is 0.772 bits per heavy atom. The number of carbonyl (C=O) groups is 3. The van der Waals surface area contributed by atoms with E-state index in [0.29, 0.717) is 19.3 Å². The van der Waals surface area contributed by atoms with Crippen molar-refractivity contribution in [3.8, 4) is 0 Å². The zero-order valence-electron chi connectivity index (χ0n) is 52.6. The van der Waals surface area contributed by atoms with E-state index in [1.165, 1.54) is 212 Å². The van der Waals surface area contributed by atoms with Crippen molar-refractivity contribution in [1.82, 2.24) is 0 Å². The van der Waals surface area contributed by atoms with Crippen LogP contribution in [-0.2, 0) is 28.6 Å². The molecule has 0 aromatic heterocycles. The molecule has 6 nitrogen and oxygen atoms in total. The molecule has 0 aromatic rings. The number of hydrogen-bond donors (Lipinski definition) is 0. The highest BCUT2D eigenvalue weighted by Gasteiger charge is 2.19. The Bertz CT molecular complexity index is 1450. The summed E-state index contributed by atoms with van der Waals surface area (Å²) in [5.74, 6) is -0.867. The molecule has 0 N–H and O–H groups in total. The van der Waals surface area contributed by atoms with Crippen molar-refractivity contribution in [1.29, 1.82) is 0 Å². The molecule has 0 saturated carbocycles. The Kier molecular flexibility index (Phi) is 64.7. The number of esters is 3. The van der Waals surface area contributed by atoms with Gasteiger partial charge in [0.2, 0.25) is 0 Å². The highest BCUT2D eigenvalue weighted by Crippen LogP contribution is 2.18. The fourth-order valence-corrected chi connectivity index (χ4v) is 10.1. The monoisotopic (exact) mass is 1100 g/mol. The topological polar surface area (TPSA) is 78.9 Å². The molecule has 0 rings (SSSR count). The fraction of sp³-hybridized carbons (Fsp3) is 0.795. The van der Waals surface area contributed by atoms with Gasteiger partial charge in [-0.3, -0.25) is 14.4 Å². The van der Waals surface area contributed by atoms with Crippen LogP contribution in [0.1, 0.15) is 355 Å². The van der Waals surface area contributed by atoms with Crippen molar-refractivity contribution in [2.75, 3.05) is 13.2 Å². The van der Waals surface area contributed by atoms with Crippen LogP contribution in [0.5, 0.6) is 0 Å². The molecular weight excluding hydrogens is 973 g/mol. The maximum atomic E-state index is 13.0. The third-order valence-electron chi connectivity index (χ3n) is 15.2. The average molecular weight is 1100 g/mol. The Balaban J connectivity index is 4.33. The van der Waals surface area contributed by atoms with Crippen molar-refractivity contribution in [3.63, 3.8) is 0 Å². The maximum absolute atomic E-state index is 13.0. The van der Waals surface area contributed by atoms with Crippen LogP contribution in [0, 0.1) is 0 Å². The molecule has 0 aliphatic heterocycles. The first-order valence-electron chi connectivity index (χ1n) is 34.4. The quantitative estimate of drug-likeness (QED) is 0.0261. The average Bonchev–Trinajstić information content (AvgIpc) is 3.45. The predicted octanol–water partition coefficient (Wildman–Crippen LogP) is 23.7. The van der Waals surface area contributed by atoms with Crippen molar-refractivity contribution in [2.24, 2.45) is 0 Å². The first kappa shape index (κ1) is 75.8. The molecule has 0 fully saturated rings. The largest absolute Gasteiger partial charge is 0.462 e. The zero-order chi connectivity index (χ0) is 57.1. The second-order valence-electron chi connectivity index (χ2n) is 23.1. The lowest BCUT2D eigenvalue weighted by atomic mass is 10.0. The Hall–Kier alpha value is -3.15. The smallest absolute Gasteiger partial charge is 0.306 e. The van der Waals surface area contributed by atoms with Gasteiger partial charge in [0.15, 0.2) is 6.10 Å². The lowest BCUT2D eigenvalue weighted by molar-refractivity contribution is -0.167. The molecule has 0 radical (unpaired) electrons. The Labute approximate surface area is 491 Å². The van der Waals surface area contributed by atoms with E-state index < -0.39 is 6.10 Å². The van der Waals surface area contributed by atoms with Crippen LogP contribution < -0.4 is 0 Å². The lowest BCUT2D eigenvalue weighted by Gasteiger charge is -2.18. The van der Waals surface area contributed by atoms with Crippen LogP contribution in [-0.4, -0.2) is 37.2 Å². The molecule has 79 heavy (non-hydrogen) atoms. The highest BCUT2D eigenvalue weighted by molar-refractivity contribution is 5.71. The third kappa shape index (κ3) is 65.5. The van der Waals surface area contributed by atoms with Gasteiger partial charge in [0, 0.05) is 19.3 Å². The van der Waals surface area contributed by atoms with E-state index in [4.69, 9.17) is 14.2 Å². The summed E-state index contributed by atoms with van der Waals surface area (Å²) in [6.45, 7) is 6.57. The predicted molar refractivity (Wildman–Crippen MR) is 344 cm³/mol. The first-order chi connectivity index (χ1) is 39.0. The van der Waals surface area contributed by atoms with Crippen molar-refractivity contribution >= 4 is 17.9 Å². The van der Waals surface area contributed by atoms with Crippen LogP contribution in [0.3, 0.4) is 0 Å². The number of carbonyl (C=O) groups excluding carboxylic acids is 3. The summed E-state index contributed by atoms with van der Waals surface area (Å²) in [5.41, 5.74) is 0. The summed E-state index contributed by atoms with van der Waals surface area (Å²) >= 11 is 0. The standard InChI is InChI=1S/C73H130O6/c1-4-7-10-13-16-19-22-25-28-30-32-34-36-37-38-40-41-43-45-48-51-54-57-60-63-66-72(75)78-69-70(68-77-71(74)65-62-59-56-53-50-47-27-24-21-18-15-12-9-6-3)79-73(76)67-64-61-58-55-52-49-46-44-42-39-35-33-31-29-26-23-20-17-14-11-8-5-2/h7,10,16,19,25,28,32,34,37-38,41,43,70H,4-6,8-9,11-15,17-18,20-24,26-27,29-31,33,35-36,39-40,42,44-69H2,1-3H3/b10-7-,19-16-,28-25-,34-32-,38-37-,43-41-. The van der Waals surface area contributed by atoms with Gasteiger partial charge in [0.1, 0.15) is 13.2 Å². The molecule has 458 valence electrons. The minimum absolute atomic E-state index is 0.0750. The molecule has 1 unspecified atom stereocenters. The lowest BCUT2D eigenvalue weighted by Crippen LogP contribution is -2.30. The van der Waals surface area contributed by atoms with Gasteiger partial charge in [-0.25, -0.2) is 0 Å². The second kappa shape index (κ2) is 67.4. The van der Waals surface area contributed by atoms with E-state index in [9.17, 15) is 14.4 Å². The van der Waals surface area contributed by atoms with Gasteiger partial charge in [0.05, 0.1) is 0 Å². The first-order valence-corrected chi connectivity index (χ1v) is 34.4. The summed E-state index contributed by atoms with van der Waals surface area (Å²) in [5, 5.41) is 0. The molecule has 6 heteroatoms. The maximum Gasteiger partial charge on any atom is 0.306 e. The number of allylic oxidation sites excluding steroid dienone is 12. The number of hydrogen-bond acceptors (Lipinski definition) is 6. The molecule has 0 saturated heterocycles. The van der Waals surface area contributed by atoms with Crippen molar-refractivity contribution in [2.45, 2.75) is 361 Å². The summed E-state index contributed by atoms with van der Waals surface area (Å²) in [7, 11) is 0. The van der Waals surface area contributed by atoms with Crippen LogP contribution in [0.15, 0.2) is 72.9 Å². The van der Waals surface area contributed by atoms with Gasteiger partial charge >= 0.3 is 17.9 Å². The minimum atomic E-state index is -0.780. The van der Waals surface area contributed by atoms with Crippen molar-refractivity contribution in [3.05, 3.63) is 72.9 Å². The second-order valence-corrected chi connectivity index (χ2v) is 23.1. The van der Waals surface area contributed by atoms with Crippen molar-refractivity contribution < 1.29 is 28.6 Å². The van der Waals surface area contributed by atoms with Crippen LogP contribution in [0.4, 0.5) is 0 Å². The van der Waals surface area contributed by atoms with Crippen LogP contribution >= 0.6 is 0 Å². The highest BCUT2D eigenvalue weighted by atomic mass is 16.6. The molecule has 0 aliphatic carbocycles. The molecule has 0 aliphatic rings. The van der Waals surface area contributed by atoms with Gasteiger partial charge < -0.3 is 14.2 Å². The molecule has 0 spiro atoms. The van der Waals surface area contributed by atoms with E-state index in [-0.39, 0.29) is 31.1 Å². The number of ether oxygens (including phenoxy) is 3. The SMILES string of the molecule is CC/C=C\C/C=C\C/C=C\C/C=C\C/C=C\C/C=C\CCCCCCCCC(=O)OCC(COC(=O)CCCCCCCCCCCCCCCC)OC(=O)CCCCCCCCCCCCCCCCCCCCCCCC. The normalized spacial score (nSPS) is 12.5. The van der Waals surface area contributed by atoms with E-state index in [0.717, 1.165) is 103 Å². The number of unbranched alkanes of at least 4 members (excludes halogenated alkanes) is 40. The molecule has 0 heterocycles. The van der Waals surface area contributed by atoms with Gasteiger partial charge in [0.25, 0.3) is 0 Å². The molecule has 0 aromatic carbocycles. The fourth-order valence-electron chi connectivity index (χ4n) is 10.1. The van der Waals surface area contributed by atoms with Gasteiger partial charge in [-0.2, -0.15) is 0 Å². The summed E-state index contributed by atoms with van der Waals surface area (Å²) in [4.78, 5) is 38.4. The Morgan fingerprint density at radius 2 is 0.494 bits per heavy atom. The van der Waals surface area contributed by atoms with Gasteiger partial charge in [-0.1, -0.05) is 338 Å². The van der Waals surface area contributed by atoms with E-state index in [2.05, 4.69) is 93.7 Å². The molecular formula is C73H130O6. The Morgan fingerprint density at radius 1 is 0.266 bits per heavy atom. The van der Waals surface area contributed by atoms with Gasteiger partial charge in [-0.05, 0) is 70.6 Å². The third-order valence-corrected chi connectivity index (χ3v) is 15.2. The zero-order valence-corrected chi connectivity index (χ0v) is 52.6.